The third-order valence-corrected chi connectivity index (χ3v) is 3.15. The summed E-state index contributed by atoms with van der Waals surface area (Å²) in [6.45, 7) is 2.10. The molecule has 6 nitrogen and oxygen atoms in total. The van der Waals surface area contributed by atoms with Crippen molar-refractivity contribution in [3.63, 3.8) is 0 Å². The number of hydrogen-bond donors (Lipinski definition) is 1. The molecule has 1 atom stereocenters. The highest BCUT2D eigenvalue weighted by atomic mass is 16.5. The number of benzene rings is 1. The van der Waals surface area contributed by atoms with Crippen LogP contribution in [0.4, 0.5) is 0 Å². The number of methoxy groups -OCH3 is 2. The topological polar surface area (TPSA) is 65.4 Å². The fourth-order valence-corrected chi connectivity index (χ4v) is 2.08. The molecule has 1 heterocycles. The second kappa shape index (κ2) is 6.78. The van der Waals surface area contributed by atoms with Gasteiger partial charge >= 0.3 is 0 Å². The first-order chi connectivity index (χ1) is 10.1. The molecular formula is C15H19N3O3. The van der Waals surface area contributed by atoms with Gasteiger partial charge in [0.2, 0.25) is 5.91 Å². The van der Waals surface area contributed by atoms with Gasteiger partial charge < -0.3 is 14.8 Å². The normalized spacial score (nSPS) is 11.8. The Morgan fingerprint density at radius 1 is 1.38 bits per heavy atom. The number of rotatable bonds is 6. The van der Waals surface area contributed by atoms with Gasteiger partial charge in [-0.25, -0.2) is 0 Å². The van der Waals surface area contributed by atoms with Gasteiger partial charge in [-0.1, -0.05) is 0 Å². The van der Waals surface area contributed by atoms with Gasteiger partial charge in [-0.2, -0.15) is 5.10 Å². The fraction of sp³-hybridized carbons (Fsp3) is 0.333. The monoisotopic (exact) mass is 289 g/mol. The van der Waals surface area contributed by atoms with E-state index in [-0.39, 0.29) is 18.5 Å². The maximum atomic E-state index is 12.0. The highest BCUT2D eigenvalue weighted by molar-refractivity contribution is 5.76. The van der Waals surface area contributed by atoms with Gasteiger partial charge in [0.1, 0.15) is 18.0 Å². The van der Waals surface area contributed by atoms with E-state index in [1.54, 1.807) is 43.4 Å². The highest BCUT2D eigenvalue weighted by Gasteiger charge is 2.15. The molecular weight excluding hydrogens is 270 g/mol. The predicted molar refractivity (Wildman–Crippen MR) is 78.3 cm³/mol. The van der Waals surface area contributed by atoms with Crippen LogP contribution in [-0.4, -0.2) is 29.9 Å². The van der Waals surface area contributed by atoms with Crippen LogP contribution < -0.4 is 14.8 Å². The van der Waals surface area contributed by atoms with Gasteiger partial charge in [-0.15, -0.1) is 0 Å². The molecule has 0 aliphatic heterocycles. The number of nitrogens with one attached hydrogen (secondary N) is 1. The Hall–Kier alpha value is -2.50. The number of nitrogens with zero attached hydrogens (tertiary/aromatic N) is 2. The Balaban J connectivity index is 2.05. The molecule has 0 spiro atoms. The average molecular weight is 289 g/mol. The molecule has 0 aliphatic rings. The van der Waals surface area contributed by atoms with Crippen LogP contribution in [0.15, 0.2) is 36.7 Å². The molecule has 6 heteroatoms. The molecule has 2 aromatic rings. The Bertz CT molecular complexity index is 596. The van der Waals surface area contributed by atoms with Crippen molar-refractivity contribution in [2.75, 3.05) is 14.2 Å². The third kappa shape index (κ3) is 3.75. The molecule has 21 heavy (non-hydrogen) atoms. The largest absolute Gasteiger partial charge is 0.497 e. The molecule has 0 radical (unpaired) electrons. The highest BCUT2D eigenvalue weighted by Crippen LogP contribution is 2.29. The van der Waals surface area contributed by atoms with Gasteiger partial charge in [0.15, 0.2) is 0 Å². The molecule has 0 bridgehead atoms. The second-order valence-corrected chi connectivity index (χ2v) is 4.60. The van der Waals surface area contributed by atoms with E-state index in [9.17, 15) is 4.79 Å². The summed E-state index contributed by atoms with van der Waals surface area (Å²) in [5, 5.41) is 6.93. The maximum Gasteiger partial charge on any atom is 0.242 e. The van der Waals surface area contributed by atoms with Gasteiger partial charge in [-0.05, 0) is 25.1 Å². The average Bonchev–Trinajstić information content (AvgIpc) is 2.99. The Labute approximate surface area is 123 Å². The predicted octanol–water partition coefficient (Wildman–Crippen LogP) is 1.78. The standard InChI is InChI=1S/C15H19N3O3/c1-11(17-15(19)10-18-8-4-7-16-18)13-6-5-12(20-2)9-14(13)21-3/h4-9,11H,10H2,1-3H3,(H,17,19)/t11-/m0/s1. The van der Waals surface area contributed by atoms with Crippen LogP contribution in [0.3, 0.4) is 0 Å². The van der Waals surface area contributed by atoms with Crippen molar-refractivity contribution in [3.8, 4) is 11.5 Å². The quantitative estimate of drug-likeness (QED) is 0.880. The van der Waals surface area contributed by atoms with Crippen molar-refractivity contribution in [3.05, 3.63) is 42.2 Å². The lowest BCUT2D eigenvalue weighted by Gasteiger charge is -2.18. The van der Waals surface area contributed by atoms with E-state index in [2.05, 4.69) is 10.4 Å². The van der Waals surface area contributed by atoms with E-state index in [0.29, 0.717) is 11.5 Å². The molecule has 2 rings (SSSR count). The Morgan fingerprint density at radius 3 is 2.81 bits per heavy atom. The van der Waals surface area contributed by atoms with E-state index in [4.69, 9.17) is 9.47 Å². The second-order valence-electron chi connectivity index (χ2n) is 4.60. The lowest BCUT2D eigenvalue weighted by molar-refractivity contribution is -0.122. The number of carbonyl (C=O) groups is 1. The van der Waals surface area contributed by atoms with Crippen LogP contribution in [-0.2, 0) is 11.3 Å². The molecule has 1 aromatic heterocycles. The summed E-state index contributed by atoms with van der Waals surface area (Å²) in [7, 11) is 3.19. The van der Waals surface area contributed by atoms with E-state index in [0.717, 1.165) is 5.56 Å². The first-order valence-electron chi connectivity index (χ1n) is 6.62. The summed E-state index contributed by atoms with van der Waals surface area (Å²) >= 11 is 0. The van der Waals surface area contributed by atoms with Crippen molar-refractivity contribution in [2.45, 2.75) is 19.5 Å². The van der Waals surface area contributed by atoms with Gasteiger partial charge in [0.25, 0.3) is 0 Å². The fourth-order valence-electron chi connectivity index (χ4n) is 2.08. The summed E-state index contributed by atoms with van der Waals surface area (Å²) in [5.74, 6) is 1.29. The minimum atomic E-state index is -0.172. The molecule has 0 saturated heterocycles. The lowest BCUT2D eigenvalue weighted by atomic mass is 10.1. The van der Waals surface area contributed by atoms with Crippen molar-refractivity contribution >= 4 is 5.91 Å². The number of amides is 1. The van der Waals surface area contributed by atoms with Crippen molar-refractivity contribution in [1.29, 1.82) is 0 Å². The minimum Gasteiger partial charge on any atom is -0.497 e. The van der Waals surface area contributed by atoms with E-state index in [1.165, 1.54) is 0 Å². The van der Waals surface area contributed by atoms with Gasteiger partial charge in [0, 0.05) is 24.0 Å². The van der Waals surface area contributed by atoms with Crippen molar-refractivity contribution in [2.24, 2.45) is 0 Å². The van der Waals surface area contributed by atoms with E-state index in [1.807, 2.05) is 19.1 Å². The maximum absolute atomic E-state index is 12.0. The zero-order valence-electron chi connectivity index (χ0n) is 12.4. The third-order valence-electron chi connectivity index (χ3n) is 3.15. The van der Waals surface area contributed by atoms with Crippen LogP contribution in [0.5, 0.6) is 11.5 Å². The molecule has 1 amide bonds. The van der Waals surface area contributed by atoms with Crippen molar-refractivity contribution in [1.82, 2.24) is 15.1 Å². The van der Waals surface area contributed by atoms with Crippen molar-refractivity contribution < 1.29 is 14.3 Å². The summed E-state index contributed by atoms with van der Waals surface area (Å²) in [6, 6.07) is 7.13. The summed E-state index contributed by atoms with van der Waals surface area (Å²) in [5.41, 5.74) is 0.895. The zero-order valence-corrected chi connectivity index (χ0v) is 12.4. The molecule has 0 unspecified atom stereocenters. The zero-order chi connectivity index (χ0) is 15.2. The SMILES string of the molecule is COc1ccc([C@H](C)NC(=O)Cn2cccn2)c(OC)c1. The summed E-state index contributed by atoms with van der Waals surface area (Å²) in [4.78, 5) is 12.0. The number of hydrogen-bond acceptors (Lipinski definition) is 4. The Morgan fingerprint density at radius 2 is 2.19 bits per heavy atom. The number of aromatic nitrogens is 2. The Kier molecular flexibility index (Phi) is 4.81. The lowest BCUT2D eigenvalue weighted by Crippen LogP contribution is -2.30. The van der Waals surface area contributed by atoms with Crippen LogP contribution in [0.25, 0.3) is 0 Å². The molecule has 1 N–H and O–H groups in total. The molecule has 0 fully saturated rings. The summed E-state index contributed by atoms with van der Waals surface area (Å²) < 4.78 is 12.1. The van der Waals surface area contributed by atoms with E-state index >= 15 is 0 Å². The van der Waals surface area contributed by atoms with Gasteiger partial charge in [0.05, 0.1) is 20.3 Å². The smallest absolute Gasteiger partial charge is 0.242 e. The number of ether oxygens (including phenoxy) is 2. The molecule has 112 valence electrons. The molecule has 0 aliphatic carbocycles. The van der Waals surface area contributed by atoms with Crippen LogP contribution in [0.2, 0.25) is 0 Å². The van der Waals surface area contributed by atoms with Crippen LogP contribution in [0, 0.1) is 0 Å². The minimum absolute atomic E-state index is 0.107. The molecule has 1 aromatic carbocycles. The first kappa shape index (κ1) is 14.9. The molecule has 0 saturated carbocycles. The van der Waals surface area contributed by atoms with Crippen LogP contribution in [0.1, 0.15) is 18.5 Å². The summed E-state index contributed by atoms with van der Waals surface area (Å²) in [6.07, 6.45) is 3.39. The first-order valence-corrected chi connectivity index (χ1v) is 6.62. The van der Waals surface area contributed by atoms with Crippen LogP contribution >= 0.6 is 0 Å². The van der Waals surface area contributed by atoms with Gasteiger partial charge in [-0.3, -0.25) is 9.48 Å². The van der Waals surface area contributed by atoms with E-state index < -0.39 is 0 Å². The number of carbonyl (C=O) groups excluding carboxylic acids is 1.